The third-order valence-electron chi connectivity index (χ3n) is 3.00. The van der Waals surface area contributed by atoms with Crippen molar-refractivity contribution < 1.29 is 9.21 Å². The number of nitrogens with zero attached hydrogens (tertiary/aromatic N) is 1. The molecule has 0 spiro atoms. The molecule has 2 atom stereocenters. The summed E-state index contributed by atoms with van der Waals surface area (Å²) in [7, 11) is 0. The Bertz CT molecular complexity index is 391. The predicted octanol–water partition coefficient (Wildman–Crippen LogP) is 3.02. The minimum absolute atomic E-state index is 0.0170. The third-order valence-corrected chi connectivity index (χ3v) is 3.86. The van der Waals surface area contributed by atoms with Crippen molar-refractivity contribution >= 4 is 29.1 Å². The van der Waals surface area contributed by atoms with Crippen LogP contribution in [0.4, 0.5) is 0 Å². The summed E-state index contributed by atoms with van der Waals surface area (Å²) in [6.07, 6.45) is 2.34. The standard InChI is InChI=1S/C11H13Cl2NO2/c1-7-2-4-14(6-9(7)12)11(15)8-3-5-16-10(8)13/h3,5,7,9H,2,4,6H2,1H3. The lowest BCUT2D eigenvalue weighted by Gasteiger charge is -2.33. The van der Waals surface area contributed by atoms with E-state index in [4.69, 9.17) is 27.6 Å². The molecule has 1 aromatic heterocycles. The van der Waals surface area contributed by atoms with E-state index in [0.29, 0.717) is 18.0 Å². The summed E-state index contributed by atoms with van der Waals surface area (Å²) >= 11 is 11.9. The molecule has 0 radical (unpaired) electrons. The maximum atomic E-state index is 12.1. The van der Waals surface area contributed by atoms with Crippen LogP contribution in [0, 0.1) is 5.92 Å². The van der Waals surface area contributed by atoms with Gasteiger partial charge in [-0.05, 0) is 30.0 Å². The molecule has 0 aliphatic carbocycles. The van der Waals surface area contributed by atoms with Crippen LogP contribution < -0.4 is 0 Å². The van der Waals surface area contributed by atoms with Crippen LogP contribution in [0.2, 0.25) is 5.22 Å². The smallest absolute Gasteiger partial charge is 0.258 e. The van der Waals surface area contributed by atoms with Gasteiger partial charge in [0.25, 0.3) is 5.91 Å². The normalized spacial score (nSPS) is 25.8. The molecule has 16 heavy (non-hydrogen) atoms. The monoisotopic (exact) mass is 261 g/mol. The number of halogens is 2. The quantitative estimate of drug-likeness (QED) is 0.729. The number of carbonyl (C=O) groups excluding carboxylic acids is 1. The maximum absolute atomic E-state index is 12.1. The van der Waals surface area contributed by atoms with E-state index in [1.54, 1.807) is 11.0 Å². The second-order valence-electron chi connectivity index (χ2n) is 4.14. The second-order valence-corrected chi connectivity index (χ2v) is 5.04. The van der Waals surface area contributed by atoms with Crippen LogP contribution in [-0.2, 0) is 0 Å². The molecule has 1 saturated heterocycles. The molecule has 1 amide bonds. The van der Waals surface area contributed by atoms with Crippen LogP contribution in [-0.4, -0.2) is 29.3 Å². The summed E-state index contributed by atoms with van der Waals surface area (Å²) in [5.74, 6) is 0.349. The van der Waals surface area contributed by atoms with Gasteiger partial charge < -0.3 is 9.32 Å². The Morgan fingerprint density at radius 3 is 2.94 bits per heavy atom. The summed E-state index contributed by atoms with van der Waals surface area (Å²) in [4.78, 5) is 13.8. The number of carbonyl (C=O) groups is 1. The van der Waals surface area contributed by atoms with Crippen molar-refractivity contribution in [3.63, 3.8) is 0 Å². The Hall–Kier alpha value is -0.670. The lowest BCUT2D eigenvalue weighted by Crippen LogP contribution is -2.43. The minimum Gasteiger partial charge on any atom is -0.452 e. The molecule has 2 unspecified atom stereocenters. The van der Waals surface area contributed by atoms with Crippen molar-refractivity contribution in [1.29, 1.82) is 0 Å². The molecule has 5 heteroatoms. The van der Waals surface area contributed by atoms with E-state index < -0.39 is 0 Å². The van der Waals surface area contributed by atoms with E-state index in [-0.39, 0.29) is 16.5 Å². The minimum atomic E-state index is -0.101. The number of rotatable bonds is 1. The first-order chi connectivity index (χ1) is 7.59. The van der Waals surface area contributed by atoms with E-state index >= 15 is 0 Å². The van der Waals surface area contributed by atoms with Gasteiger partial charge in [0.1, 0.15) is 0 Å². The Balaban J connectivity index is 2.09. The highest BCUT2D eigenvalue weighted by atomic mass is 35.5. The van der Waals surface area contributed by atoms with Gasteiger partial charge >= 0.3 is 0 Å². The Labute approximate surface area is 104 Å². The van der Waals surface area contributed by atoms with Crippen LogP contribution in [0.25, 0.3) is 0 Å². The number of alkyl halides is 1. The Morgan fingerprint density at radius 2 is 2.38 bits per heavy atom. The molecule has 2 rings (SSSR count). The highest BCUT2D eigenvalue weighted by Gasteiger charge is 2.29. The molecule has 1 fully saturated rings. The van der Waals surface area contributed by atoms with Crippen LogP contribution in [0.3, 0.4) is 0 Å². The van der Waals surface area contributed by atoms with Crippen molar-refractivity contribution in [2.24, 2.45) is 5.92 Å². The van der Waals surface area contributed by atoms with Crippen molar-refractivity contribution in [3.8, 4) is 0 Å². The lowest BCUT2D eigenvalue weighted by molar-refractivity contribution is 0.0701. The Kier molecular flexibility index (Phi) is 3.45. The van der Waals surface area contributed by atoms with Crippen molar-refractivity contribution in [2.75, 3.05) is 13.1 Å². The van der Waals surface area contributed by atoms with Crippen molar-refractivity contribution in [2.45, 2.75) is 18.7 Å². The van der Waals surface area contributed by atoms with E-state index in [1.807, 2.05) is 0 Å². The van der Waals surface area contributed by atoms with E-state index in [1.165, 1.54) is 6.26 Å². The highest BCUT2D eigenvalue weighted by molar-refractivity contribution is 6.32. The van der Waals surface area contributed by atoms with Crippen LogP contribution in [0.5, 0.6) is 0 Å². The molecule has 3 nitrogen and oxygen atoms in total. The average Bonchev–Trinajstić information content (AvgIpc) is 2.67. The predicted molar refractivity (Wildman–Crippen MR) is 63.0 cm³/mol. The number of furan rings is 1. The van der Waals surface area contributed by atoms with E-state index in [0.717, 1.165) is 13.0 Å². The molecule has 0 aromatic carbocycles. The number of likely N-dealkylation sites (tertiary alicyclic amines) is 1. The summed E-state index contributed by atoms with van der Waals surface area (Å²) in [6, 6.07) is 1.59. The second kappa shape index (κ2) is 4.68. The third kappa shape index (κ3) is 2.20. The van der Waals surface area contributed by atoms with Crippen molar-refractivity contribution in [1.82, 2.24) is 4.90 Å². The number of amides is 1. The zero-order valence-electron chi connectivity index (χ0n) is 8.95. The van der Waals surface area contributed by atoms with Gasteiger partial charge in [0.15, 0.2) is 0 Å². The lowest BCUT2D eigenvalue weighted by atomic mass is 9.98. The number of hydrogen-bond donors (Lipinski definition) is 0. The number of piperidine rings is 1. The summed E-state index contributed by atoms with van der Waals surface area (Å²) < 4.78 is 4.91. The molecule has 1 aliphatic heterocycles. The topological polar surface area (TPSA) is 33.5 Å². The largest absolute Gasteiger partial charge is 0.452 e. The summed E-state index contributed by atoms with van der Waals surface area (Å²) in [5, 5.41) is 0.165. The van der Waals surface area contributed by atoms with Gasteiger partial charge in [0.05, 0.1) is 17.2 Å². The van der Waals surface area contributed by atoms with Gasteiger partial charge in [0, 0.05) is 13.1 Å². The molecule has 2 heterocycles. The van der Waals surface area contributed by atoms with Crippen LogP contribution in [0.1, 0.15) is 23.7 Å². The molecule has 0 bridgehead atoms. The zero-order chi connectivity index (χ0) is 11.7. The first kappa shape index (κ1) is 11.8. The molecular formula is C11H13Cl2NO2. The first-order valence-corrected chi connectivity index (χ1v) is 6.07. The fraction of sp³-hybridized carbons (Fsp3) is 0.545. The number of hydrogen-bond acceptors (Lipinski definition) is 2. The maximum Gasteiger partial charge on any atom is 0.258 e. The van der Waals surface area contributed by atoms with Crippen LogP contribution >= 0.6 is 23.2 Å². The van der Waals surface area contributed by atoms with Gasteiger partial charge in [0.2, 0.25) is 5.22 Å². The Morgan fingerprint density at radius 1 is 1.62 bits per heavy atom. The molecule has 1 aromatic rings. The first-order valence-electron chi connectivity index (χ1n) is 5.26. The van der Waals surface area contributed by atoms with Gasteiger partial charge in [-0.2, -0.15) is 0 Å². The summed E-state index contributed by atoms with van der Waals surface area (Å²) in [6.45, 7) is 3.40. The summed E-state index contributed by atoms with van der Waals surface area (Å²) in [5.41, 5.74) is 0.417. The van der Waals surface area contributed by atoms with Crippen molar-refractivity contribution in [3.05, 3.63) is 23.1 Å². The highest BCUT2D eigenvalue weighted by Crippen LogP contribution is 2.25. The molecule has 0 N–H and O–H groups in total. The fourth-order valence-corrected chi connectivity index (χ4v) is 2.31. The van der Waals surface area contributed by atoms with Gasteiger partial charge in [-0.3, -0.25) is 4.79 Å². The van der Waals surface area contributed by atoms with E-state index in [2.05, 4.69) is 6.92 Å². The zero-order valence-corrected chi connectivity index (χ0v) is 10.5. The average molecular weight is 262 g/mol. The molecule has 88 valence electrons. The SMILES string of the molecule is CC1CCN(C(=O)c2ccoc2Cl)CC1Cl. The van der Waals surface area contributed by atoms with Crippen LogP contribution in [0.15, 0.2) is 16.7 Å². The fourth-order valence-electron chi connectivity index (χ4n) is 1.82. The molecular weight excluding hydrogens is 249 g/mol. The van der Waals surface area contributed by atoms with Gasteiger partial charge in [-0.25, -0.2) is 0 Å². The van der Waals surface area contributed by atoms with E-state index in [9.17, 15) is 4.79 Å². The molecule has 0 saturated carbocycles. The van der Waals surface area contributed by atoms with Gasteiger partial charge in [-0.15, -0.1) is 11.6 Å². The molecule has 1 aliphatic rings. The van der Waals surface area contributed by atoms with Gasteiger partial charge in [-0.1, -0.05) is 6.92 Å².